The summed E-state index contributed by atoms with van der Waals surface area (Å²) in [5.74, 6) is 0.904. The second-order valence-electron chi connectivity index (χ2n) is 7.63. The van der Waals surface area contributed by atoms with Gasteiger partial charge in [-0.25, -0.2) is 8.42 Å². The number of hydrogen-bond donors (Lipinski definition) is 1. The third-order valence-electron chi connectivity index (χ3n) is 5.03. The van der Waals surface area contributed by atoms with E-state index in [1.165, 1.54) is 20.1 Å². The molecule has 0 bridgehead atoms. The summed E-state index contributed by atoms with van der Waals surface area (Å²) in [6, 6.07) is 14.6. The Labute approximate surface area is 219 Å². The van der Waals surface area contributed by atoms with Crippen LogP contribution in [0.2, 0.25) is 0 Å². The van der Waals surface area contributed by atoms with E-state index in [1.54, 1.807) is 18.2 Å². The highest BCUT2D eigenvalue weighted by Gasteiger charge is 2.20. The van der Waals surface area contributed by atoms with Gasteiger partial charge in [-0.05, 0) is 42.3 Å². The van der Waals surface area contributed by atoms with Gasteiger partial charge in [0.1, 0.15) is 17.4 Å². The van der Waals surface area contributed by atoms with Crippen molar-refractivity contribution >= 4 is 38.3 Å². The third-order valence-corrected chi connectivity index (χ3v) is 8.05. The molecule has 0 aliphatic heterocycles. The van der Waals surface area contributed by atoms with Crippen molar-refractivity contribution in [2.45, 2.75) is 24.6 Å². The molecule has 0 aliphatic rings. The van der Waals surface area contributed by atoms with Crippen LogP contribution in [0.25, 0.3) is 6.08 Å². The minimum absolute atomic E-state index is 0.0223. The molecular weight excluding hydrogens is 516 g/mol. The number of benzene rings is 2. The number of nitriles is 1. The molecule has 1 aromatic heterocycles. The van der Waals surface area contributed by atoms with Crippen LogP contribution >= 0.6 is 11.3 Å². The molecule has 0 fully saturated rings. The van der Waals surface area contributed by atoms with E-state index in [-0.39, 0.29) is 20.8 Å². The van der Waals surface area contributed by atoms with Crippen molar-refractivity contribution in [2.75, 3.05) is 31.4 Å². The van der Waals surface area contributed by atoms with Crippen molar-refractivity contribution in [3.8, 4) is 23.3 Å². The minimum atomic E-state index is -3.54. The summed E-state index contributed by atoms with van der Waals surface area (Å²) in [6.45, 7) is 4.37. The average molecular weight is 543 g/mol. The zero-order chi connectivity index (χ0) is 26.8. The maximum Gasteiger partial charge on any atom is 0.268 e. The van der Waals surface area contributed by atoms with Crippen LogP contribution < -0.4 is 19.5 Å². The summed E-state index contributed by atoms with van der Waals surface area (Å²) in [6.07, 6.45) is 2.03. The maximum absolute atomic E-state index is 12.5. The van der Waals surface area contributed by atoms with E-state index in [2.05, 4.69) is 15.5 Å². The van der Waals surface area contributed by atoms with Crippen LogP contribution in [0.1, 0.15) is 24.5 Å². The highest BCUT2D eigenvalue weighted by molar-refractivity contribution is 7.93. The summed E-state index contributed by atoms with van der Waals surface area (Å²) >= 11 is 0.721. The molecule has 194 valence electrons. The van der Waals surface area contributed by atoms with Gasteiger partial charge in [0.2, 0.25) is 19.3 Å². The van der Waals surface area contributed by atoms with Gasteiger partial charge in [-0.3, -0.25) is 10.1 Å². The van der Waals surface area contributed by atoms with Crippen LogP contribution in [0.5, 0.6) is 17.2 Å². The Morgan fingerprint density at radius 3 is 2.51 bits per heavy atom. The molecule has 0 unspecified atom stereocenters. The lowest BCUT2D eigenvalue weighted by atomic mass is 10.1. The molecule has 0 atom stereocenters. The summed E-state index contributed by atoms with van der Waals surface area (Å²) in [5, 5.41) is 19.1. The molecule has 0 spiro atoms. The first-order valence-electron chi connectivity index (χ1n) is 11.3. The molecule has 0 radical (unpaired) electrons. The molecule has 2 aromatic carbocycles. The number of hydrogen-bond acceptors (Lipinski definition) is 10. The van der Waals surface area contributed by atoms with Gasteiger partial charge in [-0.1, -0.05) is 42.5 Å². The van der Waals surface area contributed by atoms with Gasteiger partial charge in [-0.15, -0.1) is 10.2 Å². The fourth-order valence-corrected chi connectivity index (χ4v) is 5.01. The highest BCUT2D eigenvalue weighted by atomic mass is 32.2. The van der Waals surface area contributed by atoms with E-state index < -0.39 is 15.7 Å². The molecule has 1 heterocycles. The number of nitrogens with one attached hydrogen (secondary N) is 1. The van der Waals surface area contributed by atoms with Crippen LogP contribution in [-0.4, -0.2) is 50.6 Å². The van der Waals surface area contributed by atoms with Gasteiger partial charge < -0.3 is 14.2 Å². The Hall–Kier alpha value is -3.95. The number of amides is 1. The Morgan fingerprint density at radius 2 is 1.84 bits per heavy atom. The largest absolute Gasteiger partial charge is 0.493 e. The Kier molecular flexibility index (Phi) is 9.59. The van der Waals surface area contributed by atoms with Crippen LogP contribution in [0.3, 0.4) is 0 Å². The maximum atomic E-state index is 12.5. The third kappa shape index (κ3) is 7.52. The lowest BCUT2D eigenvalue weighted by molar-refractivity contribution is -0.112. The van der Waals surface area contributed by atoms with Gasteiger partial charge in [0.05, 0.1) is 26.1 Å². The van der Waals surface area contributed by atoms with Crippen molar-refractivity contribution in [1.29, 1.82) is 5.26 Å². The van der Waals surface area contributed by atoms with Gasteiger partial charge in [0.25, 0.3) is 5.91 Å². The molecule has 1 amide bonds. The van der Waals surface area contributed by atoms with Gasteiger partial charge in [-0.2, -0.15) is 5.26 Å². The summed E-state index contributed by atoms with van der Waals surface area (Å²) in [5.41, 5.74) is 1.39. The van der Waals surface area contributed by atoms with E-state index in [1.807, 2.05) is 37.3 Å². The standard InChI is InChI=1S/C25H26N4O6S2/c1-4-37(31,32)25-29-28-24(36-25)27-23(30)19(16-26)14-18-10-11-21(22(15-18)33-3)35-13-7-12-34-20-9-6-5-8-17(20)2/h5-6,8-11,14-15H,4,7,12-13H2,1-3H3,(H,27,28,30)/b19-14-. The number of nitrogens with zero attached hydrogens (tertiary/aromatic N) is 3. The number of rotatable bonds is 12. The van der Waals surface area contributed by atoms with Gasteiger partial charge in [0, 0.05) is 6.42 Å². The van der Waals surface area contributed by atoms with Gasteiger partial charge in [0.15, 0.2) is 11.5 Å². The minimum Gasteiger partial charge on any atom is -0.493 e. The highest BCUT2D eigenvalue weighted by Crippen LogP contribution is 2.29. The lowest BCUT2D eigenvalue weighted by Crippen LogP contribution is -2.13. The number of ether oxygens (including phenoxy) is 3. The van der Waals surface area contributed by atoms with Crippen molar-refractivity contribution in [3.05, 3.63) is 59.2 Å². The first-order valence-corrected chi connectivity index (χ1v) is 13.7. The van der Waals surface area contributed by atoms with Crippen LogP contribution in [0.15, 0.2) is 52.4 Å². The first-order chi connectivity index (χ1) is 17.8. The zero-order valence-electron chi connectivity index (χ0n) is 20.6. The fourth-order valence-electron chi connectivity index (χ4n) is 3.02. The molecular formula is C25H26N4O6S2. The van der Waals surface area contributed by atoms with E-state index >= 15 is 0 Å². The van der Waals surface area contributed by atoms with Crippen LogP contribution in [0, 0.1) is 18.3 Å². The molecule has 37 heavy (non-hydrogen) atoms. The summed E-state index contributed by atoms with van der Waals surface area (Å²) in [7, 11) is -2.05. The predicted molar refractivity (Wildman–Crippen MR) is 140 cm³/mol. The molecule has 10 nitrogen and oxygen atoms in total. The molecule has 0 saturated heterocycles. The van der Waals surface area contributed by atoms with Crippen molar-refractivity contribution in [1.82, 2.24) is 10.2 Å². The topological polar surface area (TPSA) is 140 Å². The van der Waals surface area contributed by atoms with Crippen LogP contribution in [0.4, 0.5) is 5.13 Å². The van der Waals surface area contributed by atoms with Crippen molar-refractivity contribution < 1.29 is 27.4 Å². The average Bonchev–Trinajstić information content (AvgIpc) is 3.37. The number of aryl methyl sites for hydroxylation is 1. The van der Waals surface area contributed by atoms with E-state index in [0.29, 0.717) is 36.7 Å². The number of aromatic nitrogens is 2. The van der Waals surface area contributed by atoms with E-state index in [4.69, 9.17) is 14.2 Å². The lowest BCUT2D eigenvalue weighted by Gasteiger charge is -2.12. The fraction of sp³-hybridized carbons (Fsp3) is 0.280. The number of anilines is 1. The Balaban J connectivity index is 1.61. The van der Waals surface area contributed by atoms with Gasteiger partial charge >= 0.3 is 0 Å². The summed E-state index contributed by atoms with van der Waals surface area (Å²) < 4.78 is 40.6. The monoisotopic (exact) mass is 542 g/mol. The van der Waals surface area contributed by atoms with Crippen molar-refractivity contribution in [3.63, 3.8) is 0 Å². The number of para-hydroxylation sites is 1. The molecule has 1 N–H and O–H groups in total. The first kappa shape index (κ1) is 27.6. The number of methoxy groups -OCH3 is 1. The SMILES string of the molecule is CCS(=O)(=O)c1nnc(NC(=O)/C(C#N)=C\c2ccc(OCCCOc3ccccc3C)c(OC)c2)s1. The second kappa shape index (κ2) is 12.8. The predicted octanol–water partition coefficient (Wildman–Crippen LogP) is 4.04. The molecule has 3 rings (SSSR count). The second-order valence-corrected chi connectivity index (χ2v) is 11.1. The molecule has 0 saturated carbocycles. The molecule has 0 aliphatic carbocycles. The Morgan fingerprint density at radius 1 is 1.11 bits per heavy atom. The quantitative estimate of drug-likeness (QED) is 0.155. The molecule has 3 aromatic rings. The normalized spacial score (nSPS) is 11.5. The van der Waals surface area contributed by atoms with Crippen LogP contribution in [-0.2, 0) is 14.6 Å². The van der Waals surface area contributed by atoms with E-state index in [9.17, 15) is 18.5 Å². The smallest absolute Gasteiger partial charge is 0.268 e. The number of carbonyl (C=O) groups excluding carboxylic acids is 1. The number of sulfone groups is 1. The van der Waals surface area contributed by atoms with Crippen molar-refractivity contribution in [2.24, 2.45) is 0 Å². The number of carbonyl (C=O) groups is 1. The Bertz CT molecular complexity index is 1430. The van der Waals surface area contributed by atoms with E-state index in [0.717, 1.165) is 22.6 Å². The zero-order valence-corrected chi connectivity index (χ0v) is 22.2. The molecule has 12 heteroatoms. The summed E-state index contributed by atoms with van der Waals surface area (Å²) in [4.78, 5) is 12.5.